The highest BCUT2D eigenvalue weighted by atomic mass is 16.5. The topological polar surface area (TPSA) is 125 Å². The SMILES string of the molecule is COc1ccc(CCNC(=O)NCC(C)(CC(=O)O)C(=O)O)cc1. The number of rotatable bonds is 9. The molecule has 132 valence electrons. The Balaban J connectivity index is 2.39. The van der Waals surface area contributed by atoms with E-state index in [1.165, 1.54) is 6.92 Å². The third-order valence-electron chi connectivity index (χ3n) is 3.56. The van der Waals surface area contributed by atoms with Crippen molar-refractivity contribution in [3.63, 3.8) is 0 Å². The summed E-state index contributed by atoms with van der Waals surface area (Å²) < 4.78 is 5.05. The van der Waals surface area contributed by atoms with Crippen molar-refractivity contribution >= 4 is 18.0 Å². The molecular formula is C16H22N2O6. The van der Waals surface area contributed by atoms with E-state index in [1.54, 1.807) is 7.11 Å². The summed E-state index contributed by atoms with van der Waals surface area (Å²) >= 11 is 0. The first-order valence-corrected chi connectivity index (χ1v) is 7.36. The highest BCUT2D eigenvalue weighted by Gasteiger charge is 2.36. The lowest BCUT2D eigenvalue weighted by Crippen LogP contribution is -2.46. The minimum absolute atomic E-state index is 0.275. The number of ether oxygens (including phenoxy) is 1. The second-order valence-electron chi connectivity index (χ2n) is 5.64. The Kier molecular flexibility index (Phi) is 7.03. The molecule has 1 aromatic rings. The predicted octanol–water partition coefficient (Wildman–Crippen LogP) is 1.10. The number of carboxylic acids is 2. The fourth-order valence-corrected chi connectivity index (χ4v) is 2.00. The normalized spacial score (nSPS) is 12.8. The maximum Gasteiger partial charge on any atom is 0.314 e. The van der Waals surface area contributed by atoms with Gasteiger partial charge in [0.1, 0.15) is 5.75 Å². The molecule has 4 N–H and O–H groups in total. The van der Waals surface area contributed by atoms with Gasteiger partial charge in [-0.3, -0.25) is 9.59 Å². The van der Waals surface area contributed by atoms with Gasteiger partial charge in [0.2, 0.25) is 0 Å². The number of carbonyl (C=O) groups excluding carboxylic acids is 1. The fraction of sp³-hybridized carbons (Fsp3) is 0.438. The summed E-state index contributed by atoms with van der Waals surface area (Å²) in [5, 5.41) is 22.9. The number of methoxy groups -OCH3 is 1. The van der Waals surface area contributed by atoms with Crippen LogP contribution < -0.4 is 15.4 Å². The highest BCUT2D eigenvalue weighted by Crippen LogP contribution is 2.20. The maximum absolute atomic E-state index is 11.7. The van der Waals surface area contributed by atoms with Crippen LogP contribution in [0.4, 0.5) is 4.79 Å². The number of benzene rings is 1. The Morgan fingerprint density at radius 2 is 1.75 bits per heavy atom. The quantitative estimate of drug-likeness (QED) is 0.534. The summed E-state index contributed by atoms with van der Waals surface area (Å²) in [4.78, 5) is 33.6. The lowest BCUT2D eigenvalue weighted by atomic mass is 9.87. The zero-order valence-electron chi connectivity index (χ0n) is 13.7. The molecule has 0 spiro atoms. The van der Waals surface area contributed by atoms with Crippen LogP contribution in [0.5, 0.6) is 5.75 Å². The molecule has 8 heteroatoms. The molecule has 0 saturated carbocycles. The maximum atomic E-state index is 11.7. The van der Waals surface area contributed by atoms with Gasteiger partial charge in [0.15, 0.2) is 0 Å². The van der Waals surface area contributed by atoms with Gasteiger partial charge in [0, 0.05) is 13.1 Å². The molecule has 0 aromatic heterocycles. The van der Waals surface area contributed by atoms with Crippen molar-refractivity contribution in [2.75, 3.05) is 20.2 Å². The van der Waals surface area contributed by atoms with Gasteiger partial charge in [-0.15, -0.1) is 0 Å². The van der Waals surface area contributed by atoms with Gasteiger partial charge in [0.25, 0.3) is 0 Å². The van der Waals surface area contributed by atoms with Gasteiger partial charge in [-0.25, -0.2) is 4.79 Å². The molecular weight excluding hydrogens is 316 g/mol. The Bertz CT molecular complexity index is 587. The molecule has 24 heavy (non-hydrogen) atoms. The van der Waals surface area contributed by atoms with Gasteiger partial charge in [-0.2, -0.15) is 0 Å². The first-order chi connectivity index (χ1) is 11.3. The van der Waals surface area contributed by atoms with E-state index in [0.29, 0.717) is 13.0 Å². The first kappa shape index (κ1) is 19.3. The lowest BCUT2D eigenvalue weighted by Gasteiger charge is -2.23. The number of carboxylic acid groups (broad SMARTS) is 2. The summed E-state index contributed by atoms with van der Waals surface area (Å²) in [6.07, 6.45) is 0.0250. The summed E-state index contributed by atoms with van der Waals surface area (Å²) in [7, 11) is 1.58. The molecule has 0 aliphatic carbocycles. The minimum Gasteiger partial charge on any atom is -0.497 e. The molecule has 8 nitrogen and oxygen atoms in total. The van der Waals surface area contributed by atoms with E-state index in [9.17, 15) is 14.4 Å². The highest BCUT2D eigenvalue weighted by molar-refractivity contribution is 5.82. The Hall–Kier alpha value is -2.77. The van der Waals surface area contributed by atoms with E-state index in [1.807, 2.05) is 24.3 Å². The molecule has 1 atom stereocenters. The second-order valence-corrected chi connectivity index (χ2v) is 5.64. The van der Waals surface area contributed by atoms with Gasteiger partial charge < -0.3 is 25.6 Å². The molecule has 0 aliphatic heterocycles. The van der Waals surface area contributed by atoms with Gasteiger partial charge in [0.05, 0.1) is 18.9 Å². The standard InChI is InChI=1S/C16H22N2O6/c1-16(14(21)22,9-13(19)20)10-18-15(23)17-8-7-11-3-5-12(24-2)6-4-11/h3-6H,7-10H2,1-2H3,(H,19,20)(H,21,22)(H2,17,18,23). The molecule has 0 fully saturated rings. The van der Waals surface area contributed by atoms with E-state index in [-0.39, 0.29) is 6.54 Å². The van der Waals surface area contributed by atoms with Crippen molar-refractivity contribution in [2.45, 2.75) is 19.8 Å². The number of aliphatic carboxylic acids is 2. The van der Waals surface area contributed by atoms with Crippen LogP contribution in [0.1, 0.15) is 18.9 Å². The minimum atomic E-state index is -1.56. The van der Waals surface area contributed by atoms with Crippen molar-refractivity contribution in [2.24, 2.45) is 5.41 Å². The van der Waals surface area contributed by atoms with Crippen LogP contribution in [0.2, 0.25) is 0 Å². The number of hydrogen-bond donors (Lipinski definition) is 4. The van der Waals surface area contributed by atoms with Crippen LogP contribution in [0.25, 0.3) is 0 Å². The zero-order chi connectivity index (χ0) is 18.2. The Morgan fingerprint density at radius 1 is 1.12 bits per heavy atom. The van der Waals surface area contributed by atoms with Crippen LogP contribution >= 0.6 is 0 Å². The molecule has 1 aromatic carbocycles. The lowest BCUT2D eigenvalue weighted by molar-refractivity contribution is -0.154. The van der Waals surface area contributed by atoms with Crippen molar-refractivity contribution in [3.05, 3.63) is 29.8 Å². The largest absolute Gasteiger partial charge is 0.497 e. The van der Waals surface area contributed by atoms with Crippen LogP contribution in [0.15, 0.2) is 24.3 Å². The average Bonchev–Trinajstić information content (AvgIpc) is 2.53. The number of nitrogens with one attached hydrogen (secondary N) is 2. The molecule has 0 bridgehead atoms. The second kappa shape index (κ2) is 8.76. The van der Waals surface area contributed by atoms with Crippen LogP contribution in [-0.2, 0) is 16.0 Å². The number of carbonyl (C=O) groups is 3. The Morgan fingerprint density at radius 3 is 2.25 bits per heavy atom. The van der Waals surface area contributed by atoms with Crippen molar-refractivity contribution in [1.29, 1.82) is 0 Å². The summed E-state index contributed by atoms with van der Waals surface area (Å²) in [5.41, 5.74) is -0.545. The molecule has 1 unspecified atom stereocenters. The zero-order valence-corrected chi connectivity index (χ0v) is 13.7. The van der Waals surface area contributed by atoms with E-state index >= 15 is 0 Å². The molecule has 2 amide bonds. The molecule has 1 rings (SSSR count). The number of amides is 2. The van der Waals surface area contributed by atoms with E-state index in [2.05, 4.69) is 10.6 Å². The Labute approximate surface area is 139 Å². The first-order valence-electron chi connectivity index (χ1n) is 7.36. The predicted molar refractivity (Wildman–Crippen MR) is 86.1 cm³/mol. The van der Waals surface area contributed by atoms with E-state index in [0.717, 1.165) is 11.3 Å². The number of urea groups is 1. The molecule has 0 radical (unpaired) electrons. The van der Waals surface area contributed by atoms with Crippen molar-refractivity contribution < 1.29 is 29.3 Å². The third-order valence-corrected chi connectivity index (χ3v) is 3.56. The molecule has 0 heterocycles. The monoisotopic (exact) mass is 338 g/mol. The van der Waals surface area contributed by atoms with Crippen LogP contribution in [-0.4, -0.2) is 48.4 Å². The third kappa shape index (κ3) is 6.15. The van der Waals surface area contributed by atoms with Crippen molar-refractivity contribution in [3.8, 4) is 5.75 Å². The number of hydrogen-bond acceptors (Lipinski definition) is 4. The summed E-state index contributed by atoms with van der Waals surface area (Å²) in [5.74, 6) is -1.76. The van der Waals surface area contributed by atoms with Crippen molar-refractivity contribution in [1.82, 2.24) is 10.6 Å². The van der Waals surface area contributed by atoms with Crippen LogP contribution in [0, 0.1) is 5.41 Å². The summed E-state index contributed by atoms with van der Waals surface area (Å²) in [6.45, 7) is 1.37. The fourth-order valence-electron chi connectivity index (χ4n) is 2.00. The summed E-state index contributed by atoms with van der Waals surface area (Å²) in [6, 6.07) is 6.86. The van der Waals surface area contributed by atoms with Gasteiger partial charge >= 0.3 is 18.0 Å². The van der Waals surface area contributed by atoms with E-state index in [4.69, 9.17) is 14.9 Å². The van der Waals surface area contributed by atoms with Gasteiger partial charge in [-0.1, -0.05) is 12.1 Å². The molecule has 0 saturated heterocycles. The molecule has 0 aliphatic rings. The van der Waals surface area contributed by atoms with E-state index < -0.39 is 29.8 Å². The average molecular weight is 338 g/mol. The van der Waals surface area contributed by atoms with Crippen LogP contribution in [0.3, 0.4) is 0 Å². The smallest absolute Gasteiger partial charge is 0.314 e. The van der Waals surface area contributed by atoms with Gasteiger partial charge in [-0.05, 0) is 31.0 Å².